The second-order valence-corrected chi connectivity index (χ2v) is 3.75. The van der Waals surface area contributed by atoms with Crippen LogP contribution >= 0.6 is 0 Å². The van der Waals surface area contributed by atoms with E-state index in [-0.39, 0.29) is 12.0 Å². The Labute approximate surface area is 103 Å². The average Bonchev–Trinajstić information content (AvgIpc) is 2.40. The van der Waals surface area contributed by atoms with Crippen LogP contribution in [0, 0.1) is 11.6 Å². The van der Waals surface area contributed by atoms with Crippen LogP contribution in [-0.4, -0.2) is 9.97 Å². The minimum absolute atomic E-state index is 0.0221. The van der Waals surface area contributed by atoms with E-state index in [0.717, 1.165) is 0 Å². The first-order valence-corrected chi connectivity index (χ1v) is 5.37. The summed E-state index contributed by atoms with van der Waals surface area (Å²) in [5.74, 6) is 4.19. The van der Waals surface area contributed by atoms with Gasteiger partial charge in [-0.25, -0.2) is 8.78 Å². The summed E-state index contributed by atoms with van der Waals surface area (Å²) in [6, 6.07) is 3.25. The van der Waals surface area contributed by atoms with E-state index in [0.29, 0.717) is 5.69 Å². The molecule has 1 aromatic heterocycles. The molecule has 2 aromatic rings. The van der Waals surface area contributed by atoms with Gasteiger partial charge < -0.3 is 0 Å². The highest BCUT2D eigenvalue weighted by Crippen LogP contribution is 2.20. The third kappa shape index (κ3) is 2.66. The number of hydrazine groups is 1. The molecule has 1 heterocycles. The minimum Gasteiger partial charge on any atom is -0.271 e. The highest BCUT2D eigenvalue weighted by molar-refractivity contribution is 5.22. The topological polar surface area (TPSA) is 63.8 Å². The Kier molecular flexibility index (Phi) is 3.91. The quantitative estimate of drug-likeness (QED) is 0.637. The molecule has 0 fully saturated rings. The maximum Gasteiger partial charge on any atom is 0.129 e. The van der Waals surface area contributed by atoms with E-state index >= 15 is 0 Å². The number of benzene rings is 1. The molecule has 0 saturated heterocycles. The van der Waals surface area contributed by atoms with E-state index in [1.165, 1.54) is 36.8 Å². The normalized spacial score (nSPS) is 12.4. The Morgan fingerprint density at radius 2 is 1.94 bits per heavy atom. The predicted octanol–water partition coefficient (Wildman–Crippen LogP) is 1.50. The Morgan fingerprint density at radius 1 is 1.22 bits per heavy atom. The number of nitrogens with two attached hydrogens (primary N) is 1. The van der Waals surface area contributed by atoms with Crippen LogP contribution < -0.4 is 11.3 Å². The highest BCUT2D eigenvalue weighted by atomic mass is 19.1. The van der Waals surface area contributed by atoms with Crippen LogP contribution in [0.25, 0.3) is 0 Å². The van der Waals surface area contributed by atoms with Crippen molar-refractivity contribution in [3.05, 3.63) is 59.7 Å². The van der Waals surface area contributed by atoms with Gasteiger partial charge >= 0.3 is 0 Å². The Balaban J connectivity index is 2.26. The molecule has 0 amide bonds. The monoisotopic (exact) mass is 250 g/mol. The van der Waals surface area contributed by atoms with Crippen LogP contribution in [0.4, 0.5) is 8.78 Å². The molecule has 0 aliphatic rings. The molecule has 0 radical (unpaired) electrons. The molecule has 3 N–H and O–H groups in total. The second kappa shape index (κ2) is 5.61. The summed E-state index contributed by atoms with van der Waals surface area (Å²) in [5, 5.41) is 0. The Morgan fingerprint density at radius 3 is 2.50 bits per heavy atom. The van der Waals surface area contributed by atoms with Gasteiger partial charge in [0.1, 0.15) is 11.6 Å². The fraction of sp³-hybridized carbons (Fsp3) is 0.167. The summed E-state index contributed by atoms with van der Waals surface area (Å²) in [6.07, 6.45) is 4.58. The summed E-state index contributed by atoms with van der Waals surface area (Å²) >= 11 is 0. The van der Waals surface area contributed by atoms with E-state index in [4.69, 9.17) is 5.84 Å². The van der Waals surface area contributed by atoms with Gasteiger partial charge in [-0.1, -0.05) is 6.07 Å². The molecule has 2 rings (SSSR count). The smallest absolute Gasteiger partial charge is 0.129 e. The summed E-state index contributed by atoms with van der Waals surface area (Å²) in [7, 11) is 0. The molecule has 18 heavy (non-hydrogen) atoms. The molecule has 0 bridgehead atoms. The molecule has 1 atom stereocenters. The molecule has 1 unspecified atom stereocenters. The third-order valence-corrected chi connectivity index (χ3v) is 2.61. The molecular formula is C12H12F2N4. The van der Waals surface area contributed by atoms with Crippen molar-refractivity contribution in [1.82, 2.24) is 15.4 Å². The predicted molar refractivity (Wildman–Crippen MR) is 62.2 cm³/mol. The van der Waals surface area contributed by atoms with Crippen molar-refractivity contribution in [2.75, 3.05) is 0 Å². The van der Waals surface area contributed by atoms with Crippen LogP contribution in [0.3, 0.4) is 0 Å². The maximum atomic E-state index is 13.5. The van der Waals surface area contributed by atoms with Crippen LogP contribution in [-0.2, 0) is 6.42 Å². The number of nitrogens with zero attached hydrogens (tertiary/aromatic N) is 2. The van der Waals surface area contributed by atoms with E-state index in [2.05, 4.69) is 15.4 Å². The first kappa shape index (κ1) is 12.5. The fourth-order valence-electron chi connectivity index (χ4n) is 1.67. The van der Waals surface area contributed by atoms with E-state index < -0.39 is 17.7 Å². The summed E-state index contributed by atoms with van der Waals surface area (Å²) in [6.45, 7) is 0. The summed E-state index contributed by atoms with van der Waals surface area (Å²) in [5.41, 5.74) is 2.99. The zero-order valence-corrected chi connectivity index (χ0v) is 9.48. The average molecular weight is 250 g/mol. The van der Waals surface area contributed by atoms with Gasteiger partial charge in [0.15, 0.2) is 0 Å². The number of rotatable bonds is 4. The lowest BCUT2D eigenvalue weighted by atomic mass is 10.0. The van der Waals surface area contributed by atoms with Gasteiger partial charge in [-0.05, 0) is 12.1 Å². The third-order valence-electron chi connectivity index (χ3n) is 2.61. The van der Waals surface area contributed by atoms with Gasteiger partial charge in [0.25, 0.3) is 0 Å². The first-order chi connectivity index (χ1) is 8.72. The van der Waals surface area contributed by atoms with Crippen molar-refractivity contribution in [1.29, 1.82) is 0 Å². The van der Waals surface area contributed by atoms with Gasteiger partial charge in [-0.3, -0.25) is 21.2 Å². The van der Waals surface area contributed by atoms with E-state index in [9.17, 15) is 8.78 Å². The minimum atomic E-state index is -0.598. The molecule has 4 nitrogen and oxygen atoms in total. The second-order valence-electron chi connectivity index (χ2n) is 3.75. The first-order valence-electron chi connectivity index (χ1n) is 5.37. The van der Waals surface area contributed by atoms with Gasteiger partial charge in [-0.2, -0.15) is 0 Å². The lowest BCUT2D eigenvalue weighted by Crippen LogP contribution is -2.30. The fourth-order valence-corrected chi connectivity index (χ4v) is 1.67. The lowest BCUT2D eigenvalue weighted by molar-refractivity contribution is 0.492. The lowest BCUT2D eigenvalue weighted by Gasteiger charge is -2.15. The Bertz CT molecular complexity index is 498. The zero-order valence-electron chi connectivity index (χ0n) is 9.48. The van der Waals surface area contributed by atoms with Gasteiger partial charge in [0, 0.05) is 24.4 Å². The molecular weight excluding hydrogens is 238 g/mol. The zero-order chi connectivity index (χ0) is 13.0. The van der Waals surface area contributed by atoms with Gasteiger partial charge in [0.05, 0.1) is 17.9 Å². The molecule has 6 heteroatoms. The van der Waals surface area contributed by atoms with Gasteiger partial charge in [-0.15, -0.1) is 0 Å². The molecule has 0 saturated carbocycles. The van der Waals surface area contributed by atoms with Gasteiger partial charge in [0.2, 0.25) is 0 Å². The number of hydrogen-bond donors (Lipinski definition) is 2. The van der Waals surface area contributed by atoms with Crippen molar-refractivity contribution >= 4 is 0 Å². The van der Waals surface area contributed by atoms with Crippen molar-refractivity contribution in [2.24, 2.45) is 5.84 Å². The highest BCUT2D eigenvalue weighted by Gasteiger charge is 2.17. The maximum absolute atomic E-state index is 13.5. The molecule has 0 aliphatic carbocycles. The van der Waals surface area contributed by atoms with Crippen LogP contribution in [0.15, 0.2) is 36.8 Å². The largest absolute Gasteiger partial charge is 0.271 e. The number of aromatic nitrogens is 2. The van der Waals surface area contributed by atoms with Crippen LogP contribution in [0.2, 0.25) is 0 Å². The van der Waals surface area contributed by atoms with Crippen LogP contribution in [0.5, 0.6) is 0 Å². The standard InChI is InChI=1S/C12H12F2N4/c13-9-2-1-3-10(14)8(9)6-11(18-15)12-7-16-4-5-17-12/h1-5,7,11,18H,6,15H2. The molecule has 1 aromatic carbocycles. The number of nitrogens with one attached hydrogen (secondary N) is 1. The van der Waals surface area contributed by atoms with E-state index in [1.54, 1.807) is 0 Å². The van der Waals surface area contributed by atoms with Crippen molar-refractivity contribution < 1.29 is 8.78 Å². The van der Waals surface area contributed by atoms with Crippen molar-refractivity contribution in [3.8, 4) is 0 Å². The molecule has 0 aliphatic heterocycles. The van der Waals surface area contributed by atoms with Crippen molar-refractivity contribution in [3.63, 3.8) is 0 Å². The number of hydrogen-bond acceptors (Lipinski definition) is 4. The summed E-state index contributed by atoms with van der Waals surface area (Å²) in [4.78, 5) is 7.95. The SMILES string of the molecule is NNC(Cc1c(F)cccc1F)c1cnccn1. The molecule has 94 valence electrons. The van der Waals surface area contributed by atoms with E-state index in [1.807, 2.05) is 0 Å². The van der Waals surface area contributed by atoms with Crippen molar-refractivity contribution in [2.45, 2.75) is 12.5 Å². The summed E-state index contributed by atoms with van der Waals surface area (Å²) < 4.78 is 27.0. The Hall–Kier alpha value is -1.92. The number of halogens is 2. The van der Waals surface area contributed by atoms with Crippen LogP contribution in [0.1, 0.15) is 17.3 Å². The molecule has 0 spiro atoms.